The molecule has 1 saturated heterocycles. The molecule has 0 atom stereocenters. The Morgan fingerprint density at radius 2 is 2.19 bits per heavy atom. The topological polar surface area (TPSA) is 59.1 Å². The highest BCUT2D eigenvalue weighted by atomic mass is 32.2. The number of sulfone groups is 1. The molecule has 1 fully saturated rings. The number of aromatic nitrogens is 1. The molecule has 4 nitrogen and oxygen atoms in total. The third-order valence-corrected chi connectivity index (χ3v) is 5.36. The quantitative estimate of drug-likeness (QED) is 0.872. The molecular formula is C10H16N2O2S2. The molecule has 1 aliphatic rings. The van der Waals surface area contributed by atoms with Crippen molar-refractivity contribution >= 4 is 21.2 Å². The maximum absolute atomic E-state index is 11.2. The molecule has 0 aliphatic carbocycles. The van der Waals surface area contributed by atoms with E-state index >= 15 is 0 Å². The van der Waals surface area contributed by atoms with Crippen LogP contribution in [0.5, 0.6) is 0 Å². The van der Waals surface area contributed by atoms with E-state index in [1.165, 1.54) is 0 Å². The number of rotatable bonds is 4. The summed E-state index contributed by atoms with van der Waals surface area (Å²) in [4.78, 5) is 4.20. The van der Waals surface area contributed by atoms with Crippen LogP contribution in [0.25, 0.3) is 0 Å². The van der Waals surface area contributed by atoms with E-state index in [2.05, 4.69) is 10.3 Å². The molecule has 1 aliphatic heterocycles. The zero-order chi connectivity index (χ0) is 11.4. The molecule has 16 heavy (non-hydrogen) atoms. The second kappa shape index (κ2) is 5.25. The summed E-state index contributed by atoms with van der Waals surface area (Å²) in [5.41, 5.74) is 0. The molecule has 1 N–H and O–H groups in total. The molecule has 2 heterocycles. The van der Waals surface area contributed by atoms with Gasteiger partial charge in [0.25, 0.3) is 0 Å². The predicted octanol–water partition coefficient (Wildman–Crippen LogP) is 0.852. The van der Waals surface area contributed by atoms with Crippen molar-refractivity contribution in [1.29, 1.82) is 0 Å². The minimum absolute atomic E-state index is 0.335. The van der Waals surface area contributed by atoms with Crippen LogP contribution < -0.4 is 5.32 Å². The Morgan fingerprint density at radius 3 is 2.81 bits per heavy atom. The summed E-state index contributed by atoms with van der Waals surface area (Å²) in [7, 11) is -2.73. The lowest BCUT2D eigenvalue weighted by Gasteiger charge is -2.22. The highest BCUT2D eigenvalue weighted by Gasteiger charge is 2.22. The van der Waals surface area contributed by atoms with Crippen molar-refractivity contribution in [1.82, 2.24) is 10.3 Å². The Morgan fingerprint density at radius 1 is 1.44 bits per heavy atom. The van der Waals surface area contributed by atoms with Crippen LogP contribution in [0.1, 0.15) is 17.8 Å². The summed E-state index contributed by atoms with van der Waals surface area (Å²) in [6.07, 6.45) is 4.24. The average molecular weight is 260 g/mol. The minimum Gasteiger partial charge on any atom is -0.313 e. The fraction of sp³-hybridized carbons (Fsp3) is 0.700. The molecule has 0 unspecified atom stereocenters. The monoisotopic (exact) mass is 260 g/mol. The SMILES string of the molecule is O=S1(=O)CCC(NCCc2nccs2)CC1. The van der Waals surface area contributed by atoms with Crippen LogP contribution in [0.2, 0.25) is 0 Å². The normalized spacial score (nSPS) is 21.0. The largest absolute Gasteiger partial charge is 0.313 e. The van der Waals surface area contributed by atoms with Crippen LogP contribution in [-0.4, -0.2) is 37.5 Å². The van der Waals surface area contributed by atoms with E-state index < -0.39 is 9.84 Å². The Hall–Kier alpha value is -0.460. The fourth-order valence-electron chi connectivity index (χ4n) is 1.85. The van der Waals surface area contributed by atoms with Crippen LogP contribution >= 0.6 is 11.3 Å². The smallest absolute Gasteiger partial charge is 0.150 e. The van der Waals surface area contributed by atoms with Crippen LogP contribution in [0.4, 0.5) is 0 Å². The number of hydrogen-bond donors (Lipinski definition) is 1. The maximum atomic E-state index is 11.2. The van der Waals surface area contributed by atoms with Gasteiger partial charge in [0.15, 0.2) is 0 Å². The molecule has 1 aromatic rings. The molecule has 90 valence electrons. The number of thiazole rings is 1. The van der Waals surface area contributed by atoms with Crippen molar-refractivity contribution in [2.45, 2.75) is 25.3 Å². The lowest BCUT2D eigenvalue weighted by molar-refractivity contribution is 0.466. The maximum Gasteiger partial charge on any atom is 0.150 e. The highest BCUT2D eigenvalue weighted by Crippen LogP contribution is 2.12. The third-order valence-electron chi connectivity index (χ3n) is 2.81. The molecule has 0 spiro atoms. The van der Waals surface area contributed by atoms with Gasteiger partial charge in [-0.3, -0.25) is 0 Å². The minimum atomic E-state index is -2.73. The van der Waals surface area contributed by atoms with Crippen molar-refractivity contribution in [3.63, 3.8) is 0 Å². The van der Waals surface area contributed by atoms with Crippen molar-refractivity contribution in [3.05, 3.63) is 16.6 Å². The summed E-state index contributed by atoms with van der Waals surface area (Å²) in [6, 6.07) is 0.364. The zero-order valence-electron chi connectivity index (χ0n) is 9.05. The first kappa shape index (κ1) is 12.0. The average Bonchev–Trinajstić information content (AvgIpc) is 2.73. The van der Waals surface area contributed by atoms with Gasteiger partial charge in [0.1, 0.15) is 9.84 Å². The van der Waals surface area contributed by atoms with E-state index in [0.29, 0.717) is 17.5 Å². The van der Waals surface area contributed by atoms with Gasteiger partial charge < -0.3 is 5.32 Å². The van der Waals surface area contributed by atoms with Crippen molar-refractivity contribution in [2.24, 2.45) is 0 Å². The molecule has 0 bridgehead atoms. The Bertz CT molecular complexity index is 400. The first-order valence-corrected chi connectivity index (χ1v) is 8.18. The van der Waals surface area contributed by atoms with Gasteiger partial charge in [-0.1, -0.05) is 0 Å². The first-order chi connectivity index (χ1) is 7.66. The fourth-order valence-corrected chi connectivity index (χ4v) is 3.97. The van der Waals surface area contributed by atoms with E-state index in [1.54, 1.807) is 11.3 Å². The first-order valence-electron chi connectivity index (χ1n) is 5.48. The third kappa shape index (κ3) is 3.54. The molecule has 1 aromatic heterocycles. The Kier molecular flexibility index (Phi) is 3.94. The van der Waals surface area contributed by atoms with Gasteiger partial charge in [0.2, 0.25) is 0 Å². The second-order valence-corrected chi connectivity index (χ2v) is 7.34. The van der Waals surface area contributed by atoms with Gasteiger partial charge in [-0.25, -0.2) is 13.4 Å². The van der Waals surface area contributed by atoms with Crippen LogP contribution in [0, 0.1) is 0 Å². The van der Waals surface area contributed by atoms with Crippen LogP contribution in [0.3, 0.4) is 0 Å². The van der Waals surface area contributed by atoms with Gasteiger partial charge in [0, 0.05) is 30.6 Å². The lowest BCUT2D eigenvalue weighted by atomic mass is 10.1. The molecule has 2 rings (SSSR count). The molecule has 0 radical (unpaired) electrons. The molecule has 0 amide bonds. The van der Waals surface area contributed by atoms with Crippen molar-refractivity contribution in [3.8, 4) is 0 Å². The summed E-state index contributed by atoms with van der Waals surface area (Å²) >= 11 is 1.66. The lowest BCUT2D eigenvalue weighted by Crippen LogP contribution is -2.38. The van der Waals surface area contributed by atoms with E-state index in [1.807, 2.05) is 11.6 Å². The van der Waals surface area contributed by atoms with E-state index in [-0.39, 0.29) is 0 Å². The summed E-state index contributed by atoms with van der Waals surface area (Å²) in [5, 5.41) is 6.51. The standard InChI is InChI=1S/C10H16N2O2S2/c13-16(14)7-2-9(3-8-16)11-4-1-10-12-5-6-15-10/h5-6,9,11H,1-4,7-8H2. The van der Waals surface area contributed by atoms with Gasteiger partial charge in [0.05, 0.1) is 16.5 Å². The predicted molar refractivity (Wildman–Crippen MR) is 65.5 cm³/mol. The molecular weight excluding hydrogens is 244 g/mol. The van der Waals surface area contributed by atoms with Crippen LogP contribution in [-0.2, 0) is 16.3 Å². The Balaban J connectivity index is 1.68. The van der Waals surface area contributed by atoms with Gasteiger partial charge in [-0.05, 0) is 12.8 Å². The Labute approximate surface area is 100 Å². The van der Waals surface area contributed by atoms with E-state index in [4.69, 9.17) is 0 Å². The molecule has 6 heteroatoms. The summed E-state index contributed by atoms with van der Waals surface area (Å²) in [5.74, 6) is 0.670. The van der Waals surface area contributed by atoms with Crippen molar-refractivity contribution < 1.29 is 8.42 Å². The second-order valence-electron chi connectivity index (χ2n) is 4.06. The summed E-state index contributed by atoms with van der Waals surface area (Å²) < 4.78 is 22.4. The summed E-state index contributed by atoms with van der Waals surface area (Å²) in [6.45, 7) is 0.887. The number of hydrogen-bond acceptors (Lipinski definition) is 5. The van der Waals surface area contributed by atoms with Gasteiger partial charge in [-0.15, -0.1) is 11.3 Å². The molecule has 0 aromatic carbocycles. The highest BCUT2D eigenvalue weighted by molar-refractivity contribution is 7.91. The van der Waals surface area contributed by atoms with E-state index in [0.717, 1.165) is 30.8 Å². The number of nitrogens with zero attached hydrogens (tertiary/aromatic N) is 1. The molecule has 0 saturated carbocycles. The van der Waals surface area contributed by atoms with Crippen LogP contribution in [0.15, 0.2) is 11.6 Å². The van der Waals surface area contributed by atoms with Crippen molar-refractivity contribution in [2.75, 3.05) is 18.1 Å². The van der Waals surface area contributed by atoms with Gasteiger partial charge >= 0.3 is 0 Å². The number of nitrogens with one attached hydrogen (secondary N) is 1. The zero-order valence-corrected chi connectivity index (χ0v) is 10.7. The van der Waals surface area contributed by atoms with Gasteiger partial charge in [-0.2, -0.15) is 0 Å². The van der Waals surface area contributed by atoms with E-state index in [9.17, 15) is 8.42 Å².